The second-order valence-electron chi connectivity index (χ2n) is 7.08. The maximum Gasteiger partial charge on any atom is 0.274 e. The maximum absolute atomic E-state index is 13.5. The van der Waals surface area contributed by atoms with Crippen molar-refractivity contribution in [2.24, 2.45) is 0 Å². The lowest BCUT2D eigenvalue weighted by Crippen LogP contribution is -2.23. The van der Waals surface area contributed by atoms with Gasteiger partial charge in [0.05, 0.1) is 28.1 Å². The van der Waals surface area contributed by atoms with Crippen molar-refractivity contribution in [3.05, 3.63) is 103 Å². The zero-order chi connectivity index (χ0) is 22.2. The number of imidazole rings is 1. The lowest BCUT2D eigenvalue weighted by Gasteiger charge is -2.07. The fraction of sp³-hybridized carbons (Fsp3) is 0.0400. The van der Waals surface area contributed by atoms with Crippen LogP contribution in [0.5, 0.6) is 5.75 Å². The normalized spacial score (nSPS) is 11.9. The number of ether oxygens (including phenoxy) is 1. The van der Waals surface area contributed by atoms with E-state index in [9.17, 15) is 4.79 Å². The van der Waals surface area contributed by atoms with Gasteiger partial charge in [-0.05, 0) is 18.2 Å². The molecule has 0 aliphatic rings. The molecule has 0 amide bonds. The van der Waals surface area contributed by atoms with Gasteiger partial charge in [-0.15, -0.1) is 0 Å². The first-order valence-electron chi connectivity index (χ1n) is 9.77. The van der Waals surface area contributed by atoms with E-state index in [2.05, 4.69) is 0 Å². The smallest absolute Gasteiger partial charge is 0.274 e. The van der Waals surface area contributed by atoms with E-state index in [1.807, 2.05) is 60.7 Å². The summed E-state index contributed by atoms with van der Waals surface area (Å²) >= 11 is 13.8. The van der Waals surface area contributed by atoms with Crippen molar-refractivity contribution in [3.8, 4) is 28.3 Å². The van der Waals surface area contributed by atoms with Crippen LogP contribution >= 0.6 is 34.5 Å². The highest BCUT2D eigenvalue weighted by molar-refractivity contribution is 7.15. The molecule has 0 unspecified atom stereocenters. The van der Waals surface area contributed by atoms with Crippen LogP contribution in [0.1, 0.15) is 5.56 Å². The molecule has 2 aromatic heterocycles. The highest BCUT2D eigenvalue weighted by Crippen LogP contribution is 2.34. The first-order valence-corrected chi connectivity index (χ1v) is 11.3. The number of fused-ring (bicyclic) bond motifs is 1. The van der Waals surface area contributed by atoms with Crippen molar-refractivity contribution in [1.82, 2.24) is 9.38 Å². The van der Waals surface area contributed by atoms with E-state index >= 15 is 0 Å². The Hall–Kier alpha value is -3.12. The molecule has 0 fully saturated rings. The monoisotopic (exact) mass is 478 g/mol. The van der Waals surface area contributed by atoms with Crippen molar-refractivity contribution < 1.29 is 4.74 Å². The fourth-order valence-corrected chi connectivity index (χ4v) is 5.25. The molecule has 5 aromatic rings. The van der Waals surface area contributed by atoms with Gasteiger partial charge in [0, 0.05) is 21.7 Å². The van der Waals surface area contributed by atoms with Crippen LogP contribution in [0.15, 0.2) is 77.6 Å². The van der Waals surface area contributed by atoms with E-state index in [0.717, 1.165) is 22.5 Å². The van der Waals surface area contributed by atoms with Crippen LogP contribution in [-0.2, 0) is 0 Å². The summed E-state index contributed by atoms with van der Waals surface area (Å²) in [5.74, 6) is 0.467. The molecule has 5 rings (SSSR count). The maximum atomic E-state index is 13.5. The van der Waals surface area contributed by atoms with Crippen LogP contribution in [-0.4, -0.2) is 16.5 Å². The Morgan fingerprint density at radius 2 is 1.62 bits per heavy atom. The number of benzene rings is 3. The van der Waals surface area contributed by atoms with Crippen molar-refractivity contribution >= 4 is 45.6 Å². The molecular formula is C25H16Cl2N2O2S. The van der Waals surface area contributed by atoms with Crippen LogP contribution in [0.3, 0.4) is 0 Å². The largest absolute Gasteiger partial charge is 0.495 e. The van der Waals surface area contributed by atoms with E-state index in [1.54, 1.807) is 22.6 Å². The van der Waals surface area contributed by atoms with Crippen molar-refractivity contribution in [2.75, 3.05) is 7.11 Å². The average molecular weight is 479 g/mol. The Labute approximate surface area is 198 Å². The summed E-state index contributed by atoms with van der Waals surface area (Å²) in [5, 5.41) is 0.851. The summed E-state index contributed by atoms with van der Waals surface area (Å²) in [4.78, 5) is 19.0. The van der Waals surface area contributed by atoms with Gasteiger partial charge in [0.2, 0.25) is 0 Å². The van der Waals surface area contributed by atoms with Crippen LogP contribution in [0.2, 0.25) is 10.0 Å². The molecule has 0 spiro atoms. The molecule has 0 radical (unpaired) electrons. The molecule has 0 atom stereocenters. The molecule has 3 aromatic carbocycles. The molecule has 2 heterocycles. The van der Waals surface area contributed by atoms with E-state index in [0.29, 0.717) is 30.9 Å². The molecule has 0 saturated carbocycles. The Balaban J connectivity index is 1.81. The summed E-state index contributed by atoms with van der Waals surface area (Å²) < 4.78 is 7.62. The molecular weight excluding hydrogens is 463 g/mol. The van der Waals surface area contributed by atoms with E-state index < -0.39 is 0 Å². The van der Waals surface area contributed by atoms with E-state index in [1.165, 1.54) is 18.4 Å². The van der Waals surface area contributed by atoms with Gasteiger partial charge in [0.15, 0.2) is 4.96 Å². The summed E-state index contributed by atoms with van der Waals surface area (Å²) in [6.07, 6.45) is 1.75. The molecule has 0 saturated heterocycles. The molecule has 158 valence electrons. The highest BCUT2D eigenvalue weighted by Gasteiger charge is 2.20. The van der Waals surface area contributed by atoms with Gasteiger partial charge >= 0.3 is 0 Å². The Bertz CT molecular complexity index is 1540. The SMILES string of the molecule is COc1c(Cl)cc(Cl)cc1/C=c1/sc2nc(-c3ccccc3)c(-c3ccccc3)n2c1=O. The predicted octanol–water partition coefficient (Wildman–Crippen LogP) is 5.95. The number of aromatic nitrogens is 2. The van der Waals surface area contributed by atoms with Crippen molar-refractivity contribution in [1.29, 1.82) is 0 Å². The topological polar surface area (TPSA) is 43.6 Å². The quantitative estimate of drug-likeness (QED) is 0.320. The lowest BCUT2D eigenvalue weighted by molar-refractivity contribution is 0.414. The minimum Gasteiger partial charge on any atom is -0.495 e. The van der Waals surface area contributed by atoms with Gasteiger partial charge in [0.25, 0.3) is 5.56 Å². The number of nitrogens with zero attached hydrogens (tertiary/aromatic N) is 2. The predicted molar refractivity (Wildman–Crippen MR) is 132 cm³/mol. The summed E-state index contributed by atoms with van der Waals surface area (Å²) in [5.41, 5.74) is 3.89. The van der Waals surface area contributed by atoms with Crippen LogP contribution in [0.25, 0.3) is 33.6 Å². The minimum absolute atomic E-state index is 0.156. The third-order valence-electron chi connectivity index (χ3n) is 5.08. The summed E-state index contributed by atoms with van der Waals surface area (Å²) in [6, 6.07) is 23.0. The van der Waals surface area contributed by atoms with Gasteiger partial charge in [-0.1, -0.05) is 95.2 Å². The first kappa shape index (κ1) is 20.8. The van der Waals surface area contributed by atoms with Crippen LogP contribution in [0.4, 0.5) is 0 Å². The number of rotatable bonds is 4. The Morgan fingerprint density at radius 1 is 0.969 bits per heavy atom. The molecule has 0 aliphatic carbocycles. The van der Waals surface area contributed by atoms with Gasteiger partial charge < -0.3 is 4.74 Å². The van der Waals surface area contributed by atoms with Crippen molar-refractivity contribution in [3.63, 3.8) is 0 Å². The highest BCUT2D eigenvalue weighted by atomic mass is 35.5. The Morgan fingerprint density at radius 3 is 2.28 bits per heavy atom. The number of hydrogen-bond acceptors (Lipinski definition) is 4. The molecule has 0 N–H and O–H groups in total. The zero-order valence-electron chi connectivity index (χ0n) is 16.9. The van der Waals surface area contributed by atoms with Gasteiger partial charge in [0.1, 0.15) is 5.75 Å². The lowest BCUT2D eigenvalue weighted by atomic mass is 10.1. The van der Waals surface area contributed by atoms with Gasteiger partial charge in [-0.25, -0.2) is 9.38 Å². The van der Waals surface area contributed by atoms with Crippen LogP contribution in [0, 0.1) is 0 Å². The second kappa shape index (κ2) is 8.43. The van der Waals surface area contributed by atoms with Crippen molar-refractivity contribution in [2.45, 2.75) is 0 Å². The first-order chi connectivity index (χ1) is 15.6. The standard InChI is InChI=1S/C25H16Cl2N2O2S/c1-31-23-17(12-18(26)14-19(23)27)13-20-24(30)29-22(16-10-6-3-7-11-16)21(28-25(29)32-20)15-8-4-2-5-9-15/h2-14H,1H3/b20-13+. The summed E-state index contributed by atoms with van der Waals surface area (Å²) in [7, 11) is 1.53. The van der Waals surface area contributed by atoms with Gasteiger partial charge in [-0.3, -0.25) is 4.79 Å². The second-order valence-corrected chi connectivity index (χ2v) is 8.94. The molecule has 4 nitrogen and oxygen atoms in total. The number of thiazole rings is 1. The molecule has 32 heavy (non-hydrogen) atoms. The van der Waals surface area contributed by atoms with Gasteiger partial charge in [-0.2, -0.15) is 0 Å². The number of hydrogen-bond donors (Lipinski definition) is 0. The fourth-order valence-electron chi connectivity index (χ4n) is 3.70. The van der Waals surface area contributed by atoms with E-state index in [-0.39, 0.29) is 5.56 Å². The summed E-state index contributed by atoms with van der Waals surface area (Å²) in [6.45, 7) is 0. The number of halogens is 2. The minimum atomic E-state index is -0.156. The molecule has 0 aliphatic heterocycles. The van der Waals surface area contributed by atoms with Crippen LogP contribution < -0.4 is 14.8 Å². The third-order valence-corrected chi connectivity index (χ3v) is 6.55. The van der Waals surface area contributed by atoms with E-state index in [4.69, 9.17) is 32.9 Å². The molecule has 0 bridgehead atoms. The third kappa shape index (κ3) is 3.58. The molecule has 7 heteroatoms. The Kier molecular flexibility index (Phi) is 5.47. The zero-order valence-corrected chi connectivity index (χ0v) is 19.2. The number of methoxy groups -OCH3 is 1. The average Bonchev–Trinajstić information content (AvgIpc) is 3.31.